The van der Waals surface area contributed by atoms with Crippen molar-refractivity contribution in [2.24, 2.45) is 5.73 Å². The van der Waals surface area contributed by atoms with Gasteiger partial charge in [-0.2, -0.15) is 0 Å². The van der Waals surface area contributed by atoms with Gasteiger partial charge in [-0.25, -0.2) is 0 Å². The van der Waals surface area contributed by atoms with Crippen molar-refractivity contribution in [1.82, 2.24) is 0 Å². The highest BCUT2D eigenvalue weighted by molar-refractivity contribution is 5.86. The van der Waals surface area contributed by atoms with Crippen LogP contribution in [0.4, 0.5) is 0 Å². The van der Waals surface area contributed by atoms with Crippen molar-refractivity contribution in [2.45, 2.75) is 31.7 Å². The van der Waals surface area contributed by atoms with Crippen LogP contribution in [0.1, 0.15) is 31.2 Å². The number of hydrogen-bond acceptors (Lipinski definition) is 1. The molecule has 0 bridgehead atoms. The van der Waals surface area contributed by atoms with Gasteiger partial charge in [0.15, 0.2) is 0 Å². The van der Waals surface area contributed by atoms with Crippen molar-refractivity contribution in [2.75, 3.05) is 0 Å². The quantitative estimate of drug-likeness (QED) is 0.793. The van der Waals surface area contributed by atoms with E-state index in [0.29, 0.717) is 0 Å². The molecule has 0 fully saturated rings. The average molecular weight is 237 g/mol. The van der Waals surface area contributed by atoms with E-state index in [1.54, 1.807) is 0 Å². The second kappa shape index (κ2) is 4.95. The largest absolute Gasteiger partial charge is 0.324 e. The molecule has 0 aliphatic heterocycles. The second-order valence-electron chi connectivity index (χ2n) is 5.16. The Bertz CT molecular complexity index is 583. The van der Waals surface area contributed by atoms with Crippen LogP contribution in [-0.2, 0) is 0 Å². The highest BCUT2D eigenvalue weighted by atomic mass is 14.6. The number of rotatable bonds is 1. The van der Waals surface area contributed by atoms with Crippen molar-refractivity contribution in [1.29, 1.82) is 0 Å². The van der Waals surface area contributed by atoms with Crippen LogP contribution in [0.25, 0.3) is 16.3 Å². The molecule has 2 aromatic rings. The highest BCUT2D eigenvalue weighted by Crippen LogP contribution is 2.28. The van der Waals surface area contributed by atoms with Crippen LogP contribution in [0.2, 0.25) is 0 Å². The molecule has 92 valence electrons. The maximum atomic E-state index is 6.10. The van der Waals surface area contributed by atoms with Gasteiger partial charge in [-0.1, -0.05) is 48.9 Å². The molecule has 3 rings (SSSR count). The summed E-state index contributed by atoms with van der Waals surface area (Å²) < 4.78 is 0. The molecule has 0 radical (unpaired) electrons. The van der Waals surface area contributed by atoms with Gasteiger partial charge in [0, 0.05) is 6.04 Å². The maximum absolute atomic E-state index is 6.10. The van der Waals surface area contributed by atoms with Gasteiger partial charge in [-0.3, -0.25) is 0 Å². The number of allylic oxidation sites excluding steroid dienone is 1. The lowest BCUT2D eigenvalue weighted by Gasteiger charge is -2.08. The second-order valence-corrected chi connectivity index (χ2v) is 5.16. The number of nitrogens with two attached hydrogens (primary N) is 1. The fraction of sp³-hybridized carbons (Fsp3) is 0.294. The summed E-state index contributed by atoms with van der Waals surface area (Å²) in [6, 6.07) is 15.5. The molecule has 0 saturated heterocycles. The minimum Gasteiger partial charge on any atom is -0.324 e. The molecule has 18 heavy (non-hydrogen) atoms. The summed E-state index contributed by atoms with van der Waals surface area (Å²) in [7, 11) is 0. The maximum Gasteiger partial charge on any atom is 0.0229 e. The summed E-state index contributed by atoms with van der Waals surface area (Å²) in [5.74, 6) is 0. The molecular weight excluding hydrogens is 218 g/mol. The molecule has 1 unspecified atom stereocenters. The first-order valence-electron chi connectivity index (χ1n) is 6.78. The SMILES string of the molecule is NC1C=C(c2ccc3ccccc3c2)CCCC1. The number of benzene rings is 2. The molecular formula is C17H19N. The van der Waals surface area contributed by atoms with E-state index in [1.807, 2.05) is 0 Å². The van der Waals surface area contributed by atoms with Crippen LogP contribution in [0, 0.1) is 0 Å². The van der Waals surface area contributed by atoms with Gasteiger partial charge in [-0.15, -0.1) is 0 Å². The summed E-state index contributed by atoms with van der Waals surface area (Å²) >= 11 is 0. The summed E-state index contributed by atoms with van der Waals surface area (Å²) in [5.41, 5.74) is 8.86. The molecule has 0 saturated carbocycles. The zero-order valence-corrected chi connectivity index (χ0v) is 10.6. The molecule has 1 aliphatic rings. The van der Waals surface area contributed by atoms with Gasteiger partial charge in [-0.05, 0) is 47.2 Å². The Balaban J connectivity index is 2.03. The third-order valence-corrected chi connectivity index (χ3v) is 3.77. The third kappa shape index (κ3) is 2.32. The number of hydrogen-bond donors (Lipinski definition) is 1. The minimum atomic E-state index is 0.231. The molecule has 1 nitrogen and oxygen atoms in total. The monoisotopic (exact) mass is 237 g/mol. The lowest BCUT2D eigenvalue weighted by atomic mass is 9.98. The van der Waals surface area contributed by atoms with Crippen molar-refractivity contribution in [3.05, 3.63) is 54.1 Å². The zero-order chi connectivity index (χ0) is 12.4. The fourth-order valence-electron chi connectivity index (χ4n) is 2.75. The van der Waals surface area contributed by atoms with E-state index in [-0.39, 0.29) is 6.04 Å². The van der Waals surface area contributed by atoms with Gasteiger partial charge in [0.1, 0.15) is 0 Å². The molecule has 0 heterocycles. The smallest absolute Gasteiger partial charge is 0.0229 e. The standard InChI is InChI=1S/C17H19N/c18-17-8-4-3-7-15(12-17)16-10-9-13-5-1-2-6-14(13)11-16/h1-2,5-6,9-12,17H,3-4,7-8,18H2. The molecule has 1 aliphatic carbocycles. The van der Waals surface area contributed by atoms with Gasteiger partial charge in [0.05, 0.1) is 0 Å². The molecule has 1 atom stereocenters. The van der Waals surface area contributed by atoms with Crippen LogP contribution >= 0.6 is 0 Å². The molecule has 2 N–H and O–H groups in total. The lowest BCUT2D eigenvalue weighted by molar-refractivity contribution is 0.658. The first-order chi connectivity index (χ1) is 8.83. The van der Waals surface area contributed by atoms with Crippen molar-refractivity contribution in [3.8, 4) is 0 Å². The Morgan fingerprint density at radius 1 is 0.944 bits per heavy atom. The van der Waals surface area contributed by atoms with E-state index in [4.69, 9.17) is 5.73 Å². The Morgan fingerprint density at radius 2 is 1.78 bits per heavy atom. The molecule has 2 aromatic carbocycles. The zero-order valence-electron chi connectivity index (χ0n) is 10.6. The van der Waals surface area contributed by atoms with E-state index >= 15 is 0 Å². The topological polar surface area (TPSA) is 26.0 Å². The Kier molecular flexibility index (Phi) is 3.16. The summed E-state index contributed by atoms with van der Waals surface area (Å²) in [6.45, 7) is 0. The average Bonchev–Trinajstić information content (AvgIpc) is 2.63. The summed E-state index contributed by atoms with van der Waals surface area (Å²) in [6.07, 6.45) is 7.04. The molecule has 0 aromatic heterocycles. The Labute approximate surface area is 108 Å². The lowest BCUT2D eigenvalue weighted by Crippen LogP contribution is -2.15. The van der Waals surface area contributed by atoms with Gasteiger partial charge in [0.2, 0.25) is 0 Å². The number of fused-ring (bicyclic) bond motifs is 1. The fourth-order valence-corrected chi connectivity index (χ4v) is 2.75. The van der Waals surface area contributed by atoms with Gasteiger partial charge < -0.3 is 5.73 Å². The predicted molar refractivity (Wildman–Crippen MR) is 78.4 cm³/mol. The van der Waals surface area contributed by atoms with Gasteiger partial charge in [0.25, 0.3) is 0 Å². The molecule has 0 amide bonds. The van der Waals surface area contributed by atoms with E-state index in [1.165, 1.54) is 34.8 Å². The van der Waals surface area contributed by atoms with E-state index in [9.17, 15) is 0 Å². The van der Waals surface area contributed by atoms with Gasteiger partial charge >= 0.3 is 0 Å². The van der Waals surface area contributed by atoms with E-state index < -0.39 is 0 Å². The van der Waals surface area contributed by atoms with Crippen LogP contribution in [0.5, 0.6) is 0 Å². The normalized spacial score (nSPS) is 20.5. The summed E-state index contributed by atoms with van der Waals surface area (Å²) in [4.78, 5) is 0. The minimum absolute atomic E-state index is 0.231. The van der Waals surface area contributed by atoms with Crippen LogP contribution < -0.4 is 5.73 Å². The van der Waals surface area contributed by atoms with Crippen LogP contribution in [0.3, 0.4) is 0 Å². The van der Waals surface area contributed by atoms with Crippen molar-refractivity contribution < 1.29 is 0 Å². The third-order valence-electron chi connectivity index (χ3n) is 3.77. The Morgan fingerprint density at radius 3 is 2.67 bits per heavy atom. The molecule has 1 heteroatoms. The van der Waals surface area contributed by atoms with E-state index in [2.05, 4.69) is 48.5 Å². The predicted octanol–water partition coefficient (Wildman–Crippen LogP) is 4.12. The first kappa shape index (κ1) is 11.5. The summed E-state index contributed by atoms with van der Waals surface area (Å²) in [5, 5.41) is 2.62. The van der Waals surface area contributed by atoms with Crippen LogP contribution in [-0.4, -0.2) is 6.04 Å². The van der Waals surface area contributed by atoms with Crippen LogP contribution in [0.15, 0.2) is 48.5 Å². The highest BCUT2D eigenvalue weighted by Gasteiger charge is 2.10. The van der Waals surface area contributed by atoms with Crippen molar-refractivity contribution >= 4 is 16.3 Å². The van der Waals surface area contributed by atoms with Crippen molar-refractivity contribution in [3.63, 3.8) is 0 Å². The first-order valence-corrected chi connectivity index (χ1v) is 6.78. The molecule has 0 spiro atoms. The van der Waals surface area contributed by atoms with E-state index in [0.717, 1.165) is 12.8 Å². The Hall–Kier alpha value is -1.60.